The van der Waals surface area contributed by atoms with Crippen molar-refractivity contribution in [2.75, 3.05) is 26.4 Å². The minimum absolute atomic E-state index is 0.0281. The van der Waals surface area contributed by atoms with Gasteiger partial charge in [0.1, 0.15) is 0 Å². The first-order valence-electron chi connectivity index (χ1n) is 6.66. The van der Waals surface area contributed by atoms with Crippen molar-refractivity contribution in [3.8, 4) is 0 Å². The van der Waals surface area contributed by atoms with E-state index >= 15 is 0 Å². The molecule has 0 aromatic rings. The lowest BCUT2D eigenvalue weighted by Crippen LogP contribution is -2.42. The molecule has 0 saturated carbocycles. The topological polar surface area (TPSA) is 67.8 Å². The summed E-state index contributed by atoms with van der Waals surface area (Å²) in [6.07, 6.45) is -0.688. The van der Waals surface area contributed by atoms with Gasteiger partial charge in [0, 0.05) is 19.2 Å². The smallest absolute Gasteiger partial charge is 0.308 e. The van der Waals surface area contributed by atoms with E-state index in [1.54, 1.807) is 6.92 Å². The molecule has 0 aliphatic carbocycles. The number of esters is 1. The van der Waals surface area contributed by atoms with Gasteiger partial charge in [-0.1, -0.05) is 13.8 Å². The Hall–Kier alpha value is -0.650. The molecule has 0 aliphatic rings. The number of ether oxygens (including phenoxy) is 2. The van der Waals surface area contributed by atoms with E-state index < -0.39 is 6.10 Å². The second-order valence-corrected chi connectivity index (χ2v) is 4.58. The summed E-state index contributed by atoms with van der Waals surface area (Å²) in [6.45, 7) is 9.89. The van der Waals surface area contributed by atoms with Crippen LogP contribution in [0.3, 0.4) is 0 Å². The van der Waals surface area contributed by atoms with E-state index in [1.165, 1.54) is 0 Å². The molecule has 2 atom stereocenters. The number of carbonyl (C=O) groups is 1. The van der Waals surface area contributed by atoms with Gasteiger partial charge in [-0.2, -0.15) is 0 Å². The molecule has 0 heterocycles. The largest absolute Gasteiger partial charge is 0.466 e. The highest BCUT2D eigenvalue weighted by molar-refractivity contribution is 5.69. The summed E-state index contributed by atoms with van der Waals surface area (Å²) in [4.78, 5) is 11.2. The Morgan fingerprint density at radius 3 is 2.44 bits per heavy atom. The third kappa shape index (κ3) is 8.44. The number of carbonyl (C=O) groups excluding carboxylic acids is 1. The van der Waals surface area contributed by atoms with E-state index in [1.807, 2.05) is 6.92 Å². The molecule has 108 valence electrons. The van der Waals surface area contributed by atoms with Gasteiger partial charge < -0.3 is 19.9 Å². The van der Waals surface area contributed by atoms with Gasteiger partial charge in [-0.05, 0) is 19.8 Å². The first-order valence-corrected chi connectivity index (χ1v) is 6.66. The van der Waals surface area contributed by atoms with Crippen molar-refractivity contribution < 1.29 is 19.4 Å². The molecule has 0 aromatic heterocycles. The molecular weight excluding hydrogens is 234 g/mol. The molecule has 18 heavy (non-hydrogen) atoms. The zero-order valence-electron chi connectivity index (χ0n) is 11.9. The van der Waals surface area contributed by atoms with Crippen LogP contribution in [-0.4, -0.2) is 49.6 Å². The fourth-order valence-corrected chi connectivity index (χ4v) is 1.50. The maximum atomic E-state index is 11.2. The van der Waals surface area contributed by atoms with E-state index in [0.717, 1.165) is 0 Å². The molecule has 5 nitrogen and oxygen atoms in total. The van der Waals surface area contributed by atoms with Crippen molar-refractivity contribution in [3.63, 3.8) is 0 Å². The fraction of sp³-hybridized carbons (Fsp3) is 0.923. The van der Waals surface area contributed by atoms with Crippen molar-refractivity contribution in [3.05, 3.63) is 0 Å². The Labute approximate surface area is 110 Å². The molecule has 2 unspecified atom stereocenters. The third-order valence-corrected chi connectivity index (χ3v) is 2.63. The quantitative estimate of drug-likeness (QED) is 0.573. The standard InChI is InChI=1S/C13H27NO4/c1-5-17-9-12(10(3)4)14-8-11(15)7-13(16)18-6-2/h10-12,14-15H,5-9H2,1-4H3. The summed E-state index contributed by atoms with van der Waals surface area (Å²) in [6, 6.07) is 0.182. The highest BCUT2D eigenvalue weighted by Crippen LogP contribution is 2.03. The number of nitrogens with one attached hydrogen (secondary N) is 1. The van der Waals surface area contributed by atoms with Crippen LogP contribution < -0.4 is 5.32 Å². The van der Waals surface area contributed by atoms with Gasteiger partial charge >= 0.3 is 5.97 Å². The van der Waals surface area contributed by atoms with Crippen LogP contribution in [-0.2, 0) is 14.3 Å². The van der Waals surface area contributed by atoms with Crippen molar-refractivity contribution in [2.24, 2.45) is 5.92 Å². The van der Waals surface area contributed by atoms with Gasteiger partial charge in [0.2, 0.25) is 0 Å². The molecule has 0 radical (unpaired) electrons. The van der Waals surface area contributed by atoms with Crippen LogP contribution in [0.5, 0.6) is 0 Å². The Morgan fingerprint density at radius 2 is 1.94 bits per heavy atom. The lowest BCUT2D eigenvalue weighted by Gasteiger charge is -2.23. The van der Waals surface area contributed by atoms with Crippen molar-refractivity contribution in [1.82, 2.24) is 5.32 Å². The van der Waals surface area contributed by atoms with Crippen LogP contribution in [0.15, 0.2) is 0 Å². The van der Waals surface area contributed by atoms with Crippen LogP contribution in [0.4, 0.5) is 0 Å². The Balaban J connectivity index is 3.91. The summed E-state index contributed by atoms with van der Waals surface area (Å²) in [5.41, 5.74) is 0. The van der Waals surface area contributed by atoms with E-state index in [9.17, 15) is 9.90 Å². The van der Waals surface area contributed by atoms with Crippen LogP contribution in [0, 0.1) is 5.92 Å². The minimum atomic E-state index is -0.716. The van der Waals surface area contributed by atoms with E-state index in [-0.39, 0.29) is 18.4 Å². The van der Waals surface area contributed by atoms with E-state index in [0.29, 0.717) is 32.3 Å². The SMILES string of the molecule is CCOCC(NCC(O)CC(=O)OCC)C(C)C. The second-order valence-electron chi connectivity index (χ2n) is 4.58. The van der Waals surface area contributed by atoms with Crippen LogP contribution >= 0.6 is 0 Å². The molecule has 2 N–H and O–H groups in total. The molecule has 0 fully saturated rings. The molecule has 0 spiro atoms. The number of aliphatic hydroxyl groups is 1. The van der Waals surface area contributed by atoms with Gasteiger partial charge in [-0.3, -0.25) is 4.79 Å². The average Bonchev–Trinajstić information content (AvgIpc) is 2.28. The summed E-state index contributed by atoms with van der Waals surface area (Å²) >= 11 is 0. The molecule has 0 aliphatic heterocycles. The van der Waals surface area contributed by atoms with Gasteiger partial charge in [-0.25, -0.2) is 0 Å². The summed E-state index contributed by atoms with van der Waals surface area (Å²) < 4.78 is 10.2. The molecule has 0 saturated heterocycles. The Morgan fingerprint density at radius 1 is 1.28 bits per heavy atom. The maximum Gasteiger partial charge on any atom is 0.308 e. The van der Waals surface area contributed by atoms with Crippen molar-refractivity contribution >= 4 is 5.97 Å². The lowest BCUT2D eigenvalue weighted by atomic mass is 10.1. The molecule has 5 heteroatoms. The van der Waals surface area contributed by atoms with Gasteiger partial charge in [0.05, 0.1) is 25.7 Å². The van der Waals surface area contributed by atoms with Crippen LogP contribution in [0.25, 0.3) is 0 Å². The van der Waals surface area contributed by atoms with E-state index in [4.69, 9.17) is 9.47 Å². The predicted molar refractivity (Wildman–Crippen MR) is 70.4 cm³/mol. The minimum Gasteiger partial charge on any atom is -0.466 e. The van der Waals surface area contributed by atoms with E-state index in [2.05, 4.69) is 19.2 Å². The second kappa shape index (κ2) is 10.3. The third-order valence-electron chi connectivity index (χ3n) is 2.63. The molecule has 0 bridgehead atoms. The molecule has 0 rings (SSSR count). The Kier molecular flexibility index (Phi) is 9.92. The monoisotopic (exact) mass is 261 g/mol. The zero-order valence-corrected chi connectivity index (χ0v) is 11.9. The van der Waals surface area contributed by atoms with Crippen LogP contribution in [0.1, 0.15) is 34.1 Å². The van der Waals surface area contributed by atoms with Gasteiger partial charge in [-0.15, -0.1) is 0 Å². The van der Waals surface area contributed by atoms with Crippen molar-refractivity contribution in [2.45, 2.75) is 46.3 Å². The van der Waals surface area contributed by atoms with Gasteiger partial charge in [0.15, 0.2) is 0 Å². The normalized spacial score (nSPS) is 14.6. The maximum absolute atomic E-state index is 11.2. The summed E-state index contributed by atoms with van der Waals surface area (Å²) in [5, 5.41) is 12.9. The Bertz CT molecular complexity index is 221. The van der Waals surface area contributed by atoms with Gasteiger partial charge in [0.25, 0.3) is 0 Å². The number of rotatable bonds is 10. The summed E-state index contributed by atoms with van der Waals surface area (Å²) in [7, 11) is 0. The molecule has 0 amide bonds. The number of hydrogen-bond acceptors (Lipinski definition) is 5. The fourth-order valence-electron chi connectivity index (χ4n) is 1.50. The zero-order chi connectivity index (χ0) is 14.0. The van der Waals surface area contributed by atoms with Crippen molar-refractivity contribution in [1.29, 1.82) is 0 Å². The summed E-state index contributed by atoms with van der Waals surface area (Å²) in [5.74, 6) is 0.0454. The predicted octanol–water partition coefficient (Wildman–Crippen LogP) is 0.951. The average molecular weight is 261 g/mol. The lowest BCUT2D eigenvalue weighted by molar-refractivity contribution is -0.145. The first kappa shape index (κ1) is 17.4. The number of hydrogen-bond donors (Lipinski definition) is 2. The highest BCUT2D eigenvalue weighted by atomic mass is 16.5. The first-order chi connectivity index (χ1) is 8.51. The van der Waals surface area contributed by atoms with Crippen LogP contribution in [0.2, 0.25) is 0 Å². The number of aliphatic hydroxyl groups excluding tert-OH is 1. The molecule has 0 aromatic carbocycles. The molecular formula is C13H27NO4. The highest BCUT2D eigenvalue weighted by Gasteiger charge is 2.16.